The SMILES string of the molecule is CC(C)Oc1ccc(CN2C(=O)C(C(=O)NCC(=O)O)C(=O)CC2(C)C)cc1. The van der Waals surface area contributed by atoms with E-state index in [0.717, 1.165) is 5.56 Å². The first-order valence-electron chi connectivity index (χ1n) is 9.10. The molecule has 1 unspecified atom stereocenters. The first-order valence-corrected chi connectivity index (χ1v) is 9.10. The maximum atomic E-state index is 12.9. The highest BCUT2D eigenvalue weighted by atomic mass is 16.5. The minimum atomic E-state index is -1.52. The van der Waals surface area contributed by atoms with Crippen molar-refractivity contribution < 1.29 is 29.0 Å². The molecule has 8 heteroatoms. The minimum absolute atomic E-state index is 0.0123. The van der Waals surface area contributed by atoms with Gasteiger partial charge in [0, 0.05) is 18.5 Å². The molecule has 1 aromatic rings. The number of hydrogen-bond acceptors (Lipinski definition) is 5. The zero-order valence-electron chi connectivity index (χ0n) is 16.5. The molecule has 1 fully saturated rings. The normalized spacial score (nSPS) is 18.9. The van der Waals surface area contributed by atoms with E-state index in [1.54, 1.807) is 26.0 Å². The van der Waals surface area contributed by atoms with Gasteiger partial charge < -0.3 is 20.1 Å². The summed E-state index contributed by atoms with van der Waals surface area (Å²) in [7, 11) is 0. The predicted octanol–water partition coefficient (Wildman–Crippen LogP) is 1.37. The average molecular weight is 390 g/mol. The summed E-state index contributed by atoms with van der Waals surface area (Å²) in [6.45, 7) is 6.97. The standard InChI is InChI=1S/C20H26N2O6/c1-12(2)28-14-7-5-13(6-8-14)11-22-19(27)17(15(23)9-20(22,3)4)18(26)21-10-16(24)25/h5-8,12,17H,9-11H2,1-4H3,(H,21,26)(H,24,25). The van der Waals surface area contributed by atoms with E-state index in [4.69, 9.17) is 9.84 Å². The van der Waals surface area contributed by atoms with E-state index < -0.39 is 41.6 Å². The average Bonchev–Trinajstić information content (AvgIpc) is 2.57. The zero-order chi connectivity index (χ0) is 21.1. The number of carboxylic acid groups (broad SMARTS) is 1. The van der Waals surface area contributed by atoms with Gasteiger partial charge in [-0.15, -0.1) is 0 Å². The molecule has 1 aromatic carbocycles. The first-order chi connectivity index (χ1) is 13.0. The number of rotatable bonds is 7. The van der Waals surface area contributed by atoms with Crippen LogP contribution in [0.5, 0.6) is 5.75 Å². The summed E-state index contributed by atoms with van der Waals surface area (Å²) in [5.74, 6) is -4.05. The monoisotopic (exact) mass is 390 g/mol. The van der Waals surface area contributed by atoms with E-state index in [-0.39, 0.29) is 19.1 Å². The Balaban J connectivity index is 2.18. The van der Waals surface area contributed by atoms with Gasteiger partial charge in [0.1, 0.15) is 12.3 Å². The highest BCUT2D eigenvalue weighted by Crippen LogP contribution is 2.31. The van der Waals surface area contributed by atoms with Crippen molar-refractivity contribution in [1.82, 2.24) is 10.2 Å². The predicted molar refractivity (Wildman–Crippen MR) is 101 cm³/mol. The van der Waals surface area contributed by atoms with Crippen molar-refractivity contribution in [2.75, 3.05) is 6.54 Å². The molecule has 0 aliphatic carbocycles. The third-order valence-corrected chi connectivity index (χ3v) is 4.48. The highest BCUT2D eigenvalue weighted by molar-refractivity contribution is 6.20. The maximum Gasteiger partial charge on any atom is 0.322 e. The van der Waals surface area contributed by atoms with Gasteiger partial charge in [-0.05, 0) is 45.4 Å². The molecule has 2 rings (SSSR count). The summed E-state index contributed by atoms with van der Waals surface area (Å²) in [5.41, 5.74) is 0.0711. The van der Waals surface area contributed by atoms with Gasteiger partial charge >= 0.3 is 5.97 Å². The summed E-state index contributed by atoms with van der Waals surface area (Å²) in [6.07, 6.45) is 0.0582. The molecule has 1 atom stereocenters. The summed E-state index contributed by atoms with van der Waals surface area (Å²) < 4.78 is 5.60. The fraction of sp³-hybridized carbons (Fsp3) is 0.500. The van der Waals surface area contributed by atoms with Crippen molar-refractivity contribution in [3.63, 3.8) is 0 Å². The summed E-state index contributed by atoms with van der Waals surface area (Å²) in [5, 5.41) is 10.8. The Morgan fingerprint density at radius 2 is 1.86 bits per heavy atom. The number of carboxylic acids is 1. The number of ether oxygens (including phenoxy) is 1. The largest absolute Gasteiger partial charge is 0.491 e. The molecule has 0 saturated carbocycles. The molecule has 0 spiro atoms. The number of carbonyl (C=O) groups is 4. The molecule has 28 heavy (non-hydrogen) atoms. The van der Waals surface area contributed by atoms with Gasteiger partial charge in [0.25, 0.3) is 0 Å². The van der Waals surface area contributed by atoms with Gasteiger partial charge in [-0.1, -0.05) is 12.1 Å². The number of amides is 2. The van der Waals surface area contributed by atoms with Crippen LogP contribution in [-0.4, -0.2) is 51.8 Å². The molecule has 152 valence electrons. The number of nitrogens with one attached hydrogen (secondary N) is 1. The molecule has 0 bridgehead atoms. The number of benzene rings is 1. The number of nitrogens with zero attached hydrogens (tertiary/aromatic N) is 1. The van der Waals surface area contributed by atoms with Crippen LogP contribution < -0.4 is 10.1 Å². The van der Waals surface area contributed by atoms with Crippen LogP contribution >= 0.6 is 0 Å². The molecule has 1 saturated heterocycles. The second kappa shape index (κ2) is 8.41. The van der Waals surface area contributed by atoms with Crippen LogP contribution in [0, 0.1) is 5.92 Å². The molecular weight excluding hydrogens is 364 g/mol. The molecule has 2 amide bonds. The van der Waals surface area contributed by atoms with Gasteiger partial charge in [-0.3, -0.25) is 19.2 Å². The number of aliphatic carboxylic acids is 1. The maximum absolute atomic E-state index is 12.9. The van der Waals surface area contributed by atoms with Gasteiger partial charge in [0.15, 0.2) is 11.7 Å². The summed E-state index contributed by atoms with van der Waals surface area (Å²) in [6, 6.07) is 7.27. The van der Waals surface area contributed by atoms with E-state index in [2.05, 4.69) is 5.32 Å². The van der Waals surface area contributed by atoms with Crippen LogP contribution in [0.25, 0.3) is 0 Å². The number of Topliss-reactive ketones (excluding diaryl/α,β-unsaturated/α-hetero) is 1. The highest BCUT2D eigenvalue weighted by Gasteiger charge is 2.48. The van der Waals surface area contributed by atoms with Crippen molar-refractivity contribution in [3.8, 4) is 5.75 Å². The second-order valence-corrected chi connectivity index (χ2v) is 7.74. The molecule has 1 aliphatic rings. The van der Waals surface area contributed by atoms with Crippen LogP contribution in [-0.2, 0) is 25.7 Å². The third kappa shape index (κ3) is 5.09. The lowest BCUT2D eigenvalue weighted by Crippen LogP contribution is -2.60. The van der Waals surface area contributed by atoms with Gasteiger partial charge in [0.05, 0.1) is 6.10 Å². The lowest BCUT2D eigenvalue weighted by atomic mass is 9.82. The van der Waals surface area contributed by atoms with E-state index in [0.29, 0.717) is 5.75 Å². The smallest absolute Gasteiger partial charge is 0.322 e. The van der Waals surface area contributed by atoms with Crippen molar-refractivity contribution in [1.29, 1.82) is 0 Å². The van der Waals surface area contributed by atoms with E-state index in [9.17, 15) is 19.2 Å². The van der Waals surface area contributed by atoms with Crippen LogP contribution in [0.3, 0.4) is 0 Å². The molecular formula is C20H26N2O6. The molecule has 8 nitrogen and oxygen atoms in total. The first kappa shape index (κ1) is 21.4. The van der Waals surface area contributed by atoms with Crippen LogP contribution in [0.1, 0.15) is 39.7 Å². The Kier molecular flexibility index (Phi) is 6.43. The third-order valence-electron chi connectivity index (χ3n) is 4.48. The number of hydrogen-bond donors (Lipinski definition) is 2. The van der Waals surface area contributed by atoms with Crippen LogP contribution in [0.15, 0.2) is 24.3 Å². The fourth-order valence-electron chi connectivity index (χ4n) is 3.16. The summed E-state index contributed by atoms with van der Waals surface area (Å²) >= 11 is 0. The van der Waals surface area contributed by atoms with Crippen LogP contribution in [0.2, 0.25) is 0 Å². The van der Waals surface area contributed by atoms with Crippen molar-refractivity contribution in [3.05, 3.63) is 29.8 Å². The Hall–Kier alpha value is -2.90. The lowest BCUT2D eigenvalue weighted by molar-refractivity contribution is -0.158. The Morgan fingerprint density at radius 3 is 2.39 bits per heavy atom. The number of carbonyl (C=O) groups excluding carboxylic acids is 3. The second-order valence-electron chi connectivity index (χ2n) is 7.74. The van der Waals surface area contributed by atoms with E-state index in [1.165, 1.54) is 4.90 Å². The van der Waals surface area contributed by atoms with Crippen molar-refractivity contribution >= 4 is 23.6 Å². The Bertz CT molecular complexity index is 769. The Morgan fingerprint density at radius 1 is 1.25 bits per heavy atom. The number of likely N-dealkylation sites (tertiary alicyclic amines) is 1. The minimum Gasteiger partial charge on any atom is -0.491 e. The van der Waals surface area contributed by atoms with E-state index in [1.807, 2.05) is 26.0 Å². The molecule has 0 radical (unpaired) electrons. The Labute approximate surface area is 163 Å². The molecule has 1 heterocycles. The van der Waals surface area contributed by atoms with Crippen molar-refractivity contribution in [2.24, 2.45) is 5.92 Å². The van der Waals surface area contributed by atoms with E-state index >= 15 is 0 Å². The summed E-state index contributed by atoms with van der Waals surface area (Å²) in [4.78, 5) is 49.7. The van der Waals surface area contributed by atoms with Gasteiger partial charge in [-0.25, -0.2) is 0 Å². The topological polar surface area (TPSA) is 113 Å². The van der Waals surface area contributed by atoms with Crippen LogP contribution in [0.4, 0.5) is 0 Å². The van der Waals surface area contributed by atoms with Gasteiger partial charge in [-0.2, -0.15) is 0 Å². The quantitative estimate of drug-likeness (QED) is 0.680. The fourth-order valence-corrected chi connectivity index (χ4v) is 3.16. The molecule has 0 aromatic heterocycles. The van der Waals surface area contributed by atoms with Crippen molar-refractivity contribution in [2.45, 2.75) is 52.3 Å². The molecule has 1 aliphatic heterocycles. The number of piperidine rings is 1. The lowest BCUT2D eigenvalue weighted by Gasteiger charge is -2.44. The number of ketones is 1. The zero-order valence-corrected chi connectivity index (χ0v) is 16.5. The molecule has 2 N–H and O–H groups in total. The van der Waals surface area contributed by atoms with Gasteiger partial charge in [0.2, 0.25) is 11.8 Å².